The van der Waals surface area contributed by atoms with E-state index in [-0.39, 0.29) is 18.9 Å². The minimum atomic E-state index is -0.362. The van der Waals surface area contributed by atoms with Crippen LogP contribution in [0.5, 0.6) is 5.75 Å². The summed E-state index contributed by atoms with van der Waals surface area (Å²) in [5.74, 6) is 2.15. The molecule has 4 aliphatic rings. The molecule has 38 heavy (non-hydrogen) atoms. The Morgan fingerprint density at radius 3 is 3.03 bits per heavy atom. The molecule has 1 N–H and O–H groups in total. The number of pyridine rings is 1. The van der Waals surface area contributed by atoms with Crippen molar-refractivity contribution < 1.29 is 19.0 Å². The molecule has 1 aromatic carbocycles. The molecule has 2 fully saturated rings. The molecule has 0 spiro atoms. The van der Waals surface area contributed by atoms with Crippen molar-refractivity contribution in [1.29, 1.82) is 0 Å². The van der Waals surface area contributed by atoms with Gasteiger partial charge in [0.2, 0.25) is 0 Å². The van der Waals surface area contributed by atoms with E-state index in [1.54, 1.807) is 30.9 Å². The van der Waals surface area contributed by atoms with Gasteiger partial charge in [0.05, 0.1) is 44.0 Å². The normalized spacial score (nSPS) is 22.8. The summed E-state index contributed by atoms with van der Waals surface area (Å²) in [5.41, 5.74) is 2.19. The SMILES string of the molecule is O=C(NC1CN2C=Nc3cc(OCOCCC4COCCN4CC4CCC4)ccc3C2=N1)c1cccnc1. The van der Waals surface area contributed by atoms with Crippen LogP contribution in [0.1, 0.15) is 41.6 Å². The summed E-state index contributed by atoms with van der Waals surface area (Å²) in [5, 5.41) is 2.95. The van der Waals surface area contributed by atoms with Crippen molar-refractivity contribution >= 4 is 23.8 Å². The second-order valence-electron chi connectivity index (χ2n) is 10.2. The minimum Gasteiger partial charge on any atom is -0.467 e. The molecule has 1 aromatic heterocycles. The third-order valence-electron chi connectivity index (χ3n) is 7.66. The van der Waals surface area contributed by atoms with Crippen molar-refractivity contribution in [2.45, 2.75) is 37.9 Å². The van der Waals surface area contributed by atoms with Crippen molar-refractivity contribution in [1.82, 2.24) is 20.1 Å². The summed E-state index contributed by atoms with van der Waals surface area (Å²) in [6.07, 6.45) is 9.63. The lowest BCUT2D eigenvalue weighted by Gasteiger charge is -2.40. The van der Waals surface area contributed by atoms with Gasteiger partial charge in [-0.15, -0.1) is 0 Å². The maximum Gasteiger partial charge on any atom is 0.254 e. The van der Waals surface area contributed by atoms with Gasteiger partial charge in [0.1, 0.15) is 17.8 Å². The number of nitrogens with one attached hydrogen (secondary N) is 1. The Kier molecular flexibility index (Phi) is 7.61. The zero-order valence-electron chi connectivity index (χ0n) is 21.5. The number of carbonyl (C=O) groups excluding carboxylic acids is 1. The van der Waals surface area contributed by atoms with Gasteiger partial charge >= 0.3 is 0 Å². The molecule has 200 valence electrons. The van der Waals surface area contributed by atoms with Gasteiger partial charge in [0.15, 0.2) is 6.79 Å². The number of morpholine rings is 1. The third-order valence-corrected chi connectivity index (χ3v) is 7.66. The van der Waals surface area contributed by atoms with Crippen molar-refractivity contribution in [2.75, 3.05) is 46.2 Å². The van der Waals surface area contributed by atoms with E-state index >= 15 is 0 Å². The molecule has 1 saturated carbocycles. The number of hydrogen-bond acceptors (Lipinski definition) is 9. The number of carbonyl (C=O) groups is 1. The Labute approximate surface area is 222 Å². The summed E-state index contributed by atoms with van der Waals surface area (Å²) in [4.78, 5) is 30.3. The number of amides is 1. The zero-order chi connectivity index (χ0) is 25.7. The minimum absolute atomic E-state index is 0.189. The van der Waals surface area contributed by atoms with E-state index < -0.39 is 0 Å². The van der Waals surface area contributed by atoms with E-state index in [0.717, 1.165) is 49.2 Å². The van der Waals surface area contributed by atoms with Gasteiger partial charge in [-0.3, -0.25) is 14.7 Å². The maximum absolute atomic E-state index is 12.5. The Bertz CT molecular complexity index is 1190. The first-order valence-corrected chi connectivity index (χ1v) is 13.5. The molecular formula is C28H34N6O4. The number of ether oxygens (including phenoxy) is 3. The molecule has 2 unspecified atom stereocenters. The molecule has 0 bridgehead atoms. The number of hydrogen-bond donors (Lipinski definition) is 1. The van der Waals surface area contributed by atoms with Crippen LogP contribution in [0, 0.1) is 5.92 Å². The molecule has 2 aromatic rings. The van der Waals surface area contributed by atoms with Gasteiger partial charge in [-0.05, 0) is 49.4 Å². The first-order chi connectivity index (χ1) is 18.7. The van der Waals surface area contributed by atoms with Crippen LogP contribution in [0.3, 0.4) is 0 Å². The molecule has 0 radical (unpaired) electrons. The molecule has 10 heteroatoms. The van der Waals surface area contributed by atoms with Crippen LogP contribution < -0.4 is 10.1 Å². The van der Waals surface area contributed by atoms with Crippen LogP contribution in [0.15, 0.2) is 52.7 Å². The second kappa shape index (κ2) is 11.6. The number of aliphatic imine (C=N–C) groups is 2. The van der Waals surface area contributed by atoms with Crippen LogP contribution >= 0.6 is 0 Å². The number of amidine groups is 1. The van der Waals surface area contributed by atoms with Gasteiger partial charge in [-0.25, -0.2) is 9.98 Å². The summed E-state index contributed by atoms with van der Waals surface area (Å²) >= 11 is 0. The lowest BCUT2D eigenvalue weighted by atomic mass is 9.84. The molecular weight excluding hydrogens is 484 g/mol. The first-order valence-electron chi connectivity index (χ1n) is 13.5. The van der Waals surface area contributed by atoms with Crippen molar-refractivity contribution in [3.63, 3.8) is 0 Å². The Morgan fingerprint density at radius 1 is 1.24 bits per heavy atom. The Morgan fingerprint density at radius 2 is 2.18 bits per heavy atom. The fourth-order valence-electron chi connectivity index (χ4n) is 5.29. The van der Waals surface area contributed by atoms with Crippen LogP contribution in [-0.4, -0.2) is 91.3 Å². The second-order valence-corrected chi connectivity index (χ2v) is 10.2. The summed E-state index contributed by atoms with van der Waals surface area (Å²) in [6.45, 7) is 5.19. The lowest BCUT2D eigenvalue weighted by Crippen LogP contribution is -2.48. The van der Waals surface area contributed by atoms with Crippen molar-refractivity contribution in [2.24, 2.45) is 15.9 Å². The number of fused-ring (bicyclic) bond motifs is 3. The highest BCUT2D eigenvalue weighted by molar-refractivity contribution is 6.12. The molecule has 2 atom stereocenters. The largest absolute Gasteiger partial charge is 0.467 e. The smallest absolute Gasteiger partial charge is 0.254 e. The summed E-state index contributed by atoms with van der Waals surface area (Å²) in [7, 11) is 0. The van der Waals surface area contributed by atoms with Crippen LogP contribution in [-0.2, 0) is 9.47 Å². The maximum atomic E-state index is 12.5. The quantitative estimate of drug-likeness (QED) is 0.381. The van der Waals surface area contributed by atoms with Gasteiger partial charge < -0.3 is 24.4 Å². The molecule has 3 aliphatic heterocycles. The van der Waals surface area contributed by atoms with Crippen LogP contribution in [0.2, 0.25) is 0 Å². The van der Waals surface area contributed by atoms with Crippen LogP contribution in [0.4, 0.5) is 5.69 Å². The molecule has 4 heterocycles. The van der Waals surface area contributed by atoms with Gasteiger partial charge in [0, 0.05) is 43.2 Å². The Hall–Kier alpha value is -3.34. The van der Waals surface area contributed by atoms with Crippen molar-refractivity contribution in [3.8, 4) is 5.75 Å². The molecule has 6 rings (SSSR count). The first kappa shape index (κ1) is 25.0. The zero-order valence-corrected chi connectivity index (χ0v) is 21.5. The van der Waals surface area contributed by atoms with Gasteiger partial charge in [-0.1, -0.05) is 6.42 Å². The predicted octanol–water partition coefficient (Wildman–Crippen LogP) is 2.82. The highest BCUT2D eigenvalue weighted by Crippen LogP contribution is 2.31. The monoisotopic (exact) mass is 518 g/mol. The predicted molar refractivity (Wildman–Crippen MR) is 143 cm³/mol. The molecule has 10 nitrogen and oxygen atoms in total. The molecule has 1 saturated heterocycles. The molecule has 1 aliphatic carbocycles. The summed E-state index contributed by atoms with van der Waals surface area (Å²) in [6, 6.07) is 9.65. The molecule has 1 amide bonds. The van der Waals surface area contributed by atoms with E-state index in [9.17, 15) is 4.79 Å². The number of nitrogens with zero attached hydrogens (tertiary/aromatic N) is 5. The Balaban J connectivity index is 0.984. The lowest BCUT2D eigenvalue weighted by molar-refractivity contribution is -0.0434. The average molecular weight is 519 g/mol. The van der Waals surface area contributed by atoms with E-state index in [0.29, 0.717) is 30.5 Å². The number of aromatic nitrogens is 1. The number of benzene rings is 1. The fourth-order valence-corrected chi connectivity index (χ4v) is 5.29. The van der Waals surface area contributed by atoms with Crippen molar-refractivity contribution in [3.05, 3.63) is 53.9 Å². The highest BCUT2D eigenvalue weighted by atomic mass is 16.7. The third kappa shape index (κ3) is 5.72. The number of rotatable bonds is 10. The fraction of sp³-hybridized carbons (Fsp3) is 0.500. The van der Waals surface area contributed by atoms with E-state index in [2.05, 4.69) is 20.2 Å². The van der Waals surface area contributed by atoms with Gasteiger partial charge in [-0.2, -0.15) is 0 Å². The van der Waals surface area contributed by atoms with Crippen LogP contribution in [0.25, 0.3) is 0 Å². The van der Waals surface area contributed by atoms with E-state index in [1.807, 2.05) is 23.1 Å². The topological polar surface area (TPSA) is 101 Å². The standard InChI is InChI=1S/C28H34N6O4/c35-28(21-5-2-9-29-14-21)32-26-16-34-18-30-25-13-23(6-7-24(25)27(34)31-26)38-19-37-11-8-22-17-36-12-10-33(22)15-20-3-1-4-20/h2,5-7,9,13-14,18,20,22,26H,1,3-4,8,10-12,15-17,19H2,(H,32,35). The highest BCUT2D eigenvalue weighted by Gasteiger charge is 2.31. The van der Waals surface area contributed by atoms with Gasteiger partial charge in [0.25, 0.3) is 5.91 Å². The van der Waals surface area contributed by atoms with E-state index in [1.165, 1.54) is 25.8 Å². The van der Waals surface area contributed by atoms with E-state index in [4.69, 9.17) is 19.2 Å². The average Bonchev–Trinajstić information content (AvgIpc) is 3.34. The summed E-state index contributed by atoms with van der Waals surface area (Å²) < 4.78 is 17.4.